The Bertz CT molecular complexity index is 546. The highest BCUT2D eigenvalue weighted by Crippen LogP contribution is 2.23. The summed E-state index contributed by atoms with van der Waals surface area (Å²) < 4.78 is 26.9. The molecule has 1 aromatic carbocycles. The average molecular weight is 305 g/mol. The Hall–Kier alpha value is -0.620. The Labute approximate surface area is 121 Å². The number of rotatable bonds is 2. The van der Waals surface area contributed by atoms with Gasteiger partial charge in [0.2, 0.25) is 10.0 Å². The smallest absolute Gasteiger partial charge is 0.243 e. The molecule has 1 heterocycles. The molecule has 1 unspecified atom stereocenters. The van der Waals surface area contributed by atoms with Crippen LogP contribution in [0, 0.1) is 13.8 Å². The molecule has 0 aliphatic carbocycles. The van der Waals surface area contributed by atoms with E-state index < -0.39 is 10.0 Å². The van der Waals surface area contributed by atoms with Crippen LogP contribution in [0.5, 0.6) is 0 Å². The first-order valence-corrected chi connectivity index (χ1v) is 7.67. The molecule has 0 spiro atoms. The maximum absolute atomic E-state index is 12.7. The number of sulfonamides is 1. The van der Waals surface area contributed by atoms with Gasteiger partial charge < -0.3 is 5.32 Å². The summed E-state index contributed by atoms with van der Waals surface area (Å²) in [4.78, 5) is 0.441. The van der Waals surface area contributed by atoms with Gasteiger partial charge in [0.05, 0.1) is 4.90 Å². The summed E-state index contributed by atoms with van der Waals surface area (Å²) in [5.74, 6) is 0. The summed E-state index contributed by atoms with van der Waals surface area (Å²) in [6.07, 6.45) is 0. The molecule has 19 heavy (non-hydrogen) atoms. The normalized spacial score (nSPS) is 20.9. The average Bonchev–Trinajstić information content (AvgIpc) is 2.32. The van der Waals surface area contributed by atoms with Crippen LogP contribution in [0.4, 0.5) is 0 Å². The number of hydrogen-bond donors (Lipinski definition) is 1. The third-order valence-corrected chi connectivity index (χ3v) is 5.53. The zero-order chi connectivity index (χ0) is 13.3. The van der Waals surface area contributed by atoms with E-state index in [2.05, 4.69) is 5.32 Å². The van der Waals surface area contributed by atoms with E-state index in [9.17, 15) is 8.42 Å². The van der Waals surface area contributed by atoms with Gasteiger partial charge in [-0.2, -0.15) is 4.31 Å². The lowest BCUT2D eigenvalue weighted by molar-refractivity contribution is 0.283. The summed E-state index contributed by atoms with van der Waals surface area (Å²) in [5, 5.41) is 3.21. The van der Waals surface area contributed by atoms with Gasteiger partial charge in [0.15, 0.2) is 0 Å². The van der Waals surface area contributed by atoms with Gasteiger partial charge in [0.1, 0.15) is 0 Å². The predicted molar refractivity (Wildman–Crippen MR) is 79.4 cm³/mol. The van der Waals surface area contributed by atoms with E-state index in [-0.39, 0.29) is 18.4 Å². The van der Waals surface area contributed by atoms with Gasteiger partial charge >= 0.3 is 0 Å². The molecule has 108 valence electrons. The summed E-state index contributed by atoms with van der Waals surface area (Å²) in [6, 6.07) is 5.58. The fraction of sp³-hybridized carbons (Fsp3) is 0.538. The number of aryl methyl sites for hydroxylation is 2. The van der Waals surface area contributed by atoms with Gasteiger partial charge in [-0.3, -0.25) is 0 Å². The molecular weight excluding hydrogens is 284 g/mol. The van der Waals surface area contributed by atoms with Crippen LogP contribution in [-0.4, -0.2) is 38.4 Å². The van der Waals surface area contributed by atoms with Crippen molar-refractivity contribution in [1.29, 1.82) is 0 Å². The van der Waals surface area contributed by atoms with Gasteiger partial charge in [-0.1, -0.05) is 12.1 Å². The Morgan fingerprint density at radius 1 is 1.32 bits per heavy atom. The van der Waals surface area contributed by atoms with Gasteiger partial charge in [-0.15, -0.1) is 12.4 Å². The van der Waals surface area contributed by atoms with E-state index in [4.69, 9.17) is 0 Å². The van der Waals surface area contributed by atoms with Crippen molar-refractivity contribution >= 4 is 22.4 Å². The summed E-state index contributed by atoms with van der Waals surface area (Å²) in [7, 11) is -3.37. The molecule has 1 aliphatic rings. The van der Waals surface area contributed by atoms with Crippen LogP contribution in [0.2, 0.25) is 0 Å². The highest BCUT2D eigenvalue weighted by atomic mass is 35.5. The topological polar surface area (TPSA) is 49.4 Å². The molecule has 0 saturated carbocycles. The minimum Gasteiger partial charge on any atom is -0.314 e. The maximum atomic E-state index is 12.7. The Kier molecular flexibility index (Phi) is 5.38. The van der Waals surface area contributed by atoms with Crippen molar-refractivity contribution in [2.24, 2.45) is 0 Å². The van der Waals surface area contributed by atoms with Crippen LogP contribution in [0.3, 0.4) is 0 Å². The molecule has 0 radical (unpaired) electrons. The zero-order valence-electron chi connectivity index (χ0n) is 11.5. The van der Waals surface area contributed by atoms with E-state index in [0.717, 1.165) is 11.1 Å². The van der Waals surface area contributed by atoms with E-state index in [1.54, 1.807) is 10.4 Å². The fourth-order valence-corrected chi connectivity index (χ4v) is 4.23. The highest BCUT2D eigenvalue weighted by molar-refractivity contribution is 7.89. The lowest BCUT2D eigenvalue weighted by atomic mass is 10.2. The molecular formula is C13H21ClN2O2S. The van der Waals surface area contributed by atoms with Gasteiger partial charge in [0, 0.05) is 25.7 Å². The molecule has 0 bridgehead atoms. The van der Waals surface area contributed by atoms with Gasteiger partial charge in [-0.05, 0) is 38.0 Å². The number of hydrogen-bond acceptors (Lipinski definition) is 3. The van der Waals surface area contributed by atoms with E-state index in [1.165, 1.54) is 0 Å². The van der Waals surface area contributed by atoms with E-state index >= 15 is 0 Å². The molecule has 1 aromatic rings. The third-order valence-electron chi connectivity index (χ3n) is 3.37. The van der Waals surface area contributed by atoms with Crippen LogP contribution in [0.25, 0.3) is 0 Å². The first-order chi connectivity index (χ1) is 8.43. The highest BCUT2D eigenvalue weighted by Gasteiger charge is 2.31. The molecule has 6 heteroatoms. The maximum Gasteiger partial charge on any atom is 0.243 e. The van der Waals surface area contributed by atoms with Crippen molar-refractivity contribution in [3.63, 3.8) is 0 Å². The zero-order valence-corrected chi connectivity index (χ0v) is 13.1. The lowest BCUT2D eigenvalue weighted by Crippen LogP contribution is -2.52. The summed E-state index contributed by atoms with van der Waals surface area (Å²) >= 11 is 0. The molecule has 4 nitrogen and oxygen atoms in total. The van der Waals surface area contributed by atoms with Gasteiger partial charge in [0.25, 0.3) is 0 Å². The lowest BCUT2D eigenvalue weighted by Gasteiger charge is -2.33. The van der Waals surface area contributed by atoms with Crippen LogP contribution < -0.4 is 5.32 Å². The second-order valence-electron chi connectivity index (χ2n) is 4.94. The minimum absolute atomic E-state index is 0. The van der Waals surface area contributed by atoms with Crippen molar-refractivity contribution in [2.75, 3.05) is 19.6 Å². The van der Waals surface area contributed by atoms with Crippen LogP contribution in [-0.2, 0) is 10.0 Å². The van der Waals surface area contributed by atoms with E-state index in [1.807, 2.05) is 32.9 Å². The Morgan fingerprint density at radius 3 is 2.63 bits per heavy atom. The summed E-state index contributed by atoms with van der Waals surface area (Å²) in [5.41, 5.74) is 1.79. The standard InChI is InChI=1S/C13H20N2O2S.ClH/c1-10-4-5-11(2)13(8-10)18(16,17)15-7-6-14-9-12(15)3;/h4-5,8,12,14H,6-7,9H2,1-3H3;1H. The largest absolute Gasteiger partial charge is 0.314 e. The fourth-order valence-electron chi connectivity index (χ4n) is 2.29. The van der Waals surface area contributed by atoms with Crippen molar-refractivity contribution in [1.82, 2.24) is 9.62 Å². The number of piperazine rings is 1. The summed E-state index contributed by atoms with van der Waals surface area (Å²) in [6.45, 7) is 7.67. The Balaban J connectivity index is 0.00000180. The number of nitrogens with zero attached hydrogens (tertiary/aromatic N) is 1. The molecule has 0 amide bonds. The SMILES string of the molecule is Cc1ccc(C)c(S(=O)(=O)N2CCNCC2C)c1.Cl. The molecule has 1 N–H and O–H groups in total. The van der Waals surface area contributed by atoms with Crippen molar-refractivity contribution in [3.05, 3.63) is 29.3 Å². The minimum atomic E-state index is -3.37. The monoisotopic (exact) mass is 304 g/mol. The van der Waals surface area contributed by atoms with Gasteiger partial charge in [-0.25, -0.2) is 8.42 Å². The van der Waals surface area contributed by atoms with Crippen molar-refractivity contribution in [3.8, 4) is 0 Å². The molecule has 1 atom stereocenters. The molecule has 1 aliphatic heterocycles. The van der Waals surface area contributed by atoms with Crippen molar-refractivity contribution in [2.45, 2.75) is 31.7 Å². The first kappa shape index (κ1) is 16.4. The Morgan fingerprint density at radius 2 is 2.00 bits per heavy atom. The number of nitrogens with one attached hydrogen (secondary N) is 1. The second-order valence-corrected chi connectivity index (χ2v) is 6.80. The quantitative estimate of drug-likeness (QED) is 0.905. The molecule has 0 aromatic heterocycles. The van der Waals surface area contributed by atoms with E-state index in [0.29, 0.717) is 24.5 Å². The molecule has 1 saturated heterocycles. The number of benzene rings is 1. The van der Waals surface area contributed by atoms with Crippen molar-refractivity contribution < 1.29 is 8.42 Å². The molecule has 1 fully saturated rings. The number of halogens is 1. The predicted octanol–water partition coefficient (Wildman–Crippen LogP) is 1.71. The van der Waals surface area contributed by atoms with Crippen LogP contribution in [0.1, 0.15) is 18.1 Å². The molecule has 2 rings (SSSR count). The third kappa shape index (κ3) is 3.28. The van der Waals surface area contributed by atoms with Crippen LogP contribution in [0.15, 0.2) is 23.1 Å². The first-order valence-electron chi connectivity index (χ1n) is 6.23. The van der Waals surface area contributed by atoms with Crippen LogP contribution >= 0.6 is 12.4 Å². The second kappa shape index (κ2) is 6.22.